The van der Waals surface area contributed by atoms with Gasteiger partial charge >= 0.3 is 0 Å². The Morgan fingerprint density at radius 1 is 0.892 bits per heavy atom. The first-order valence-electron chi connectivity index (χ1n) is 12.6. The van der Waals surface area contributed by atoms with E-state index in [9.17, 15) is 4.79 Å². The average Bonchev–Trinajstić information content (AvgIpc) is 3.36. The Bertz CT molecular complexity index is 1100. The lowest BCUT2D eigenvalue weighted by Gasteiger charge is -2.29. The molecule has 0 saturated carbocycles. The highest BCUT2D eigenvalue weighted by molar-refractivity contribution is 6.06. The van der Waals surface area contributed by atoms with Gasteiger partial charge in [0.25, 0.3) is 5.91 Å². The molecule has 2 atom stereocenters. The molecule has 0 aromatic heterocycles. The highest BCUT2D eigenvalue weighted by atomic mass is 35.5. The van der Waals surface area contributed by atoms with Crippen molar-refractivity contribution in [2.24, 2.45) is 11.8 Å². The van der Waals surface area contributed by atoms with Crippen LogP contribution in [0.1, 0.15) is 22.3 Å². The van der Waals surface area contributed by atoms with Crippen molar-refractivity contribution in [3.63, 3.8) is 0 Å². The number of methoxy groups -OCH3 is 2. The van der Waals surface area contributed by atoms with Crippen LogP contribution in [0.2, 0.25) is 0 Å². The standard InChI is InChI=1S/C30H36N2O4.ClH/c1-34-16-9-17-36-29-19-24(14-15-28(29)35-2)30(33)32(27-12-7-4-8-13-27)22-26-21-31-20-25(26)18-23-10-5-3-6-11-23;/h3-8,10-15,19,25-26,31H,9,16-18,20-22H2,1-2H3;1H/t25-,26+;/m1./s1. The average molecular weight is 525 g/mol. The number of carbonyl (C=O) groups excluding carboxylic acids is 1. The molecule has 1 aliphatic heterocycles. The number of amides is 1. The zero-order valence-electron chi connectivity index (χ0n) is 21.6. The largest absolute Gasteiger partial charge is 0.493 e. The number of para-hydroxylation sites is 1. The highest BCUT2D eigenvalue weighted by Gasteiger charge is 2.31. The van der Waals surface area contributed by atoms with E-state index < -0.39 is 0 Å². The van der Waals surface area contributed by atoms with Gasteiger partial charge in [-0.25, -0.2) is 0 Å². The van der Waals surface area contributed by atoms with E-state index in [2.05, 4.69) is 29.6 Å². The van der Waals surface area contributed by atoms with E-state index in [-0.39, 0.29) is 18.3 Å². The fourth-order valence-electron chi connectivity index (χ4n) is 4.77. The number of carbonyl (C=O) groups is 1. The van der Waals surface area contributed by atoms with E-state index in [1.165, 1.54) is 5.56 Å². The number of halogens is 1. The molecule has 3 aromatic carbocycles. The highest BCUT2D eigenvalue weighted by Crippen LogP contribution is 2.31. The molecule has 0 radical (unpaired) electrons. The summed E-state index contributed by atoms with van der Waals surface area (Å²) in [6, 6.07) is 25.9. The van der Waals surface area contributed by atoms with Crippen LogP contribution in [0.5, 0.6) is 11.5 Å². The molecule has 0 spiro atoms. The van der Waals surface area contributed by atoms with E-state index in [4.69, 9.17) is 14.2 Å². The summed E-state index contributed by atoms with van der Waals surface area (Å²) in [5.41, 5.74) is 2.80. The topological polar surface area (TPSA) is 60.0 Å². The van der Waals surface area contributed by atoms with E-state index in [0.29, 0.717) is 48.7 Å². The van der Waals surface area contributed by atoms with E-state index >= 15 is 0 Å². The summed E-state index contributed by atoms with van der Waals surface area (Å²) in [5.74, 6) is 1.94. The number of anilines is 1. The van der Waals surface area contributed by atoms with Crippen molar-refractivity contribution in [3.8, 4) is 11.5 Å². The van der Waals surface area contributed by atoms with Gasteiger partial charge in [0.2, 0.25) is 0 Å². The Labute approximate surface area is 226 Å². The van der Waals surface area contributed by atoms with Crippen LogP contribution in [0.25, 0.3) is 0 Å². The summed E-state index contributed by atoms with van der Waals surface area (Å²) in [6.45, 7) is 3.59. The van der Waals surface area contributed by atoms with Gasteiger partial charge in [0.05, 0.1) is 13.7 Å². The van der Waals surface area contributed by atoms with Crippen molar-refractivity contribution in [1.82, 2.24) is 5.32 Å². The number of rotatable bonds is 12. The zero-order valence-corrected chi connectivity index (χ0v) is 22.4. The maximum absolute atomic E-state index is 13.9. The molecule has 0 unspecified atom stereocenters. The molecule has 3 aromatic rings. The summed E-state index contributed by atoms with van der Waals surface area (Å²) in [5, 5.41) is 3.55. The normalized spacial score (nSPS) is 16.6. The summed E-state index contributed by atoms with van der Waals surface area (Å²) in [4.78, 5) is 15.8. The summed E-state index contributed by atoms with van der Waals surface area (Å²) in [7, 11) is 3.28. The van der Waals surface area contributed by atoms with Gasteiger partial charge in [0, 0.05) is 37.9 Å². The van der Waals surface area contributed by atoms with Crippen molar-refractivity contribution in [2.45, 2.75) is 12.8 Å². The molecule has 1 aliphatic rings. The lowest BCUT2D eigenvalue weighted by atomic mass is 9.89. The lowest BCUT2D eigenvalue weighted by molar-refractivity contribution is 0.0980. The van der Waals surface area contributed by atoms with Gasteiger partial charge in [0.15, 0.2) is 11.5 Å². The van der Waals surface area contributed by atoms with E-state index in [1.807, 2.05) is 47.4 Å². The smallest absolute Gasteiger partial charge is 0.258 e. The molecule has 0 aliphatic carbocycles. The second kappa shape index (κ2) is 14.6. The molecule has 1 amide bonds. The molecule has 198 valence electrons. The van der Waals surface area contributed by atoms with Crippen molar-refractivity contribution in [3.05, 3.63) is 90.0 Å². The van der Waals surface area contributed by atoms with Gasteiger partial charge in [0.1, 0.15) is 0 Å². The van der Waals surface area contributed by atoms with Crippen LogP contribution in [-0.2, 0) is 11.2 Å². The van der Waals surface area contributed by atoms with Gasteiger partial charge in [-0.3, -0.25) is 4.79 Å². The first-order valence-corrected chi connectivity index (χ1v) is 12.6. The Morgan fingerprint density at radius 3 is 2.30 bits per heavy atom. The van der Waals surface area contributed by atoms with Gasteiger partial charge in [-0.2, -0.15) is 0 Å². The molecular weight excluding hydrogens is 488 g/mol. The van der Waals surface area contributed by atoms with Crippen LogP contribution in [0, 0.1) is 11.8 Å². The molecular formula is C30H37ClN2O4. The molecule has 1 fully saturated rings. The van der Waals surface area contributed by atoms with Crippen LogP contribution in [0.4, 0.5) is 5.69 Å². The number of ether oxygens (including phenoxy) is 3. The van der Waals surface area contributed by atoms with Gasteiger partial charge < -0.3 is 24.4 Å². The lowest BCUT2D eigenvalue weighted by Crippen LogP contribution is -2.38. The number of hydrogen-bond acceptors (Lipinski definition) is 5. The van der Waals surface area contributed by atoms with Crippen LogP contribution in [-0.4, -0.2) is 53.0 Å². The zero-order chi connectivity index (χ0) is 25.2. The maximum Gasteiger partial charge on any atom is 0.258 e. The van der Waals surface area contributed by atoms with Crippen molar-refractivity contribution in [1.29, 1.82) is 0 Å². The third-order valence-corrected chi connectivity index (χ3v) is 6.71. The second-order valence-electron chi connectivity index (χ2n) is 9.18. The molecule has 4 rings (SSSR count). The molecule has 7 heteroatoms. The SMILES string of the molecule is COCCCOc1cc(C(=O)N(C[C@@H]2CNC[C@H]2Cc2ccccc2)c2ccccc2)ccc1OC.Cl. The van der Waals surface area contributed by atoms with E-state index in [1.54, 1.807) is 26.4 Å². The minimum absolute atomic E-state index is 0. The fourth-order valence-corrected chi connectivity index (χ4v) is 4.77. The predicted molar refractivity (Wildman–Crippen MR) is 150 cm³/mol. The first-order chi connectivity index (χ1) is 17.7. The van der Waals surface area contributed by atoms with E-state index in [0.717, 1.165) is 31.6 Å². The third-order valence-electron chi connectivity index (χ3n) is 6.71. The summed E-state index contributed by atoms with van der Waals surface area (Å²) in [6.07, 6.45) is 1.75. The molecule has 6 nitrogen and oxygen atoms in total. The quantitative estimate of drug-likeness (QED) is 0.328. The van der Waals surface area contributed by atoms with Gasteiger partial charge in [-0.15, -0.1) is 12.4 Å². The number of benzene rings is 3. The van der Waals surface area contributed by atoms with Crippen molar-refractivity contribution in [2.75, 3.05) is 52.0 Å². The third kappa shape index (κ3) is 7.71. The predicted octanol–water partition coefficient (Wildman–Crippen LogP) is 5.26. The summed E-state index contributed by atoms with van der Waals surface area (Å²) < 4.78 is 16.5. The fraction of sp³-hybridized carbons (Fsp3) is 0.367. The first kappa shape index (κ1) is 28.5. The Balaban J connectivity index is 0.00000380. The van der Waals surface area contributed by atoms with Crippen LogP contribution in [0.15, 0.2) is 78.9 Å². The van der Waals surface area contributed by atoms with Crippen molar-refractivity contribution < 1.29 is 19.0 Å². The second-order valence-corrected chi connectivity index (χ2v) is 9.18. The minimum Gasteiger partial charge on any atom is -0.493 e. The number of hydrogen-bond donors (Lipinski definition) is 1. The molecule has 0 bridgehead atoms. The molecule has 1 N–H and O–H groups in total. The van der Waals surface area contributed by atoms with Crippen LogP contribution >= 0.6 is 12.4 Å². The molecule has 37 heavy (non-hydrogen) atoms. The maximum atomic E-state index is 13.9. The monoisotopic (exact) mass is 524 g/mol. The summed E-state index contributed by atoms with van der Waals surface area (Å²) >= 11 is 0. The number of nitrogens with zero attached hydrogens (tertiary/aromatic N) is 1. The van der Waals surface area contributed by atoms with Crippen LogP contribution in [0.3, 0.4) is 0 Å². The Kier molecular flexibility index (Phi) is 11.3. The molecule has 1 saturated heterocycles. The van der Waals surface area contributed by atoms with Crippen molar-refractivity contribution >= 4 is 24.0 Å². The molecule has 1 heterocycles. The Morgan fingerprint density at radius 2 is 1.59 bits per heavy atom. The Hall–Kier alpha value is -3.06. The van der Waals surface area contributed by atoms with Gasteiger partial charge in [-0.05, 0) is 67.2 Å². The van der Waals surface area contributed by atoms with Crippen LogP contribution < -0.4 is 19.7 Å². The minimum atomic E-state index is -0.0454. The van der Waals surface area contributed by atoms with Gasteiger partial charge in [-0.1, -0.05) is 48.5 Å². The number of nitrogens with one attached hydrogen (secondary N) is 1.